The van der Waals surface area contributed by atoms with E-state index in [1.807, 2.05) is 17.9 Å². The lowest BCUT2D eigenvalue weighted by molar-refractivity contribution is -0.159. The lowest BCUT2D eigenvalue weighted by Crippen LogP contribution is -2.45. The summed E-state index contributed by atoms with van der Waals surface area (Å²) >= 11 is 2.24. The van der Waals surface area contributed by atoms with Crippen molar-refractivity contribution in [3.05, 3.63) is 10.2 Å². The summed E-state index contributed by atoms with van der Waals surface area (Å²) < 4.78 is 26.7. The fraction of sp³-hybridized carbons (Fsp3) is 0.897. The van der Waals surface area contributed by atoms with Gasteiger partial charge in [0, 0.05) is 32.2 Å². The van der Waals surface area contributed by atoms with E-state index < -0.39 is 8.32 Å². The van der Waals surface area contributed by atoms with E-state index in [9.17, 15) is 4.79 Å². The first-order chi connectivity index (χ1) is 16.6. The third-order valence-electron chi connectivity index (χ3n) is 8.07. The molecule has 36 heavy (non-hydrogen) atoms. The number of halogens is 1. The van der Waals surface area contributed by atoms with Crippen LogP contribution in [0.5, 0.6) is 0 Å². The maximum atomic E-state index is 12.6. The Morgan fingerprint density at radius 2 is 1.56 bits per heavy atom. The van der Waals surface area contributed by atoms with Gasteiger partial charge in [-0.15, -0.1) is 0 Å². The van der Waals surface area contributed by atoms with Crippen LogP contribution >= 0.6 is 22.6 Å². The molecule has 0 N–H and O–H groups in total. The minimum absolute atomic E-state index is 0.0306. The monoisotopic (exact) mass is 640 g/mol. The summed E-state index contributed by atoms with van der Waals surface area (Å²) in [6.45, 7) is 24.0. The average molecular weight is 641 g/mol. The highest BCUT2D eigenvalue weighted by Gasteiger charge is 2.39. The molecule has 0 spiro atoms. The van der Waals surface area contributed by atoms with Crippen LogP contribution in [0.1, 0.15) is 88.0 Å². The Bertz CT molecular complexity index is 646. The standard InChI is InChI=1S/C29H57IO5Si/c1-14-24(35-36(12,13)29(7,8)9)19-26(32-10)21(4)15-16-25(34-28(31)20(2)3)23(6)27(33-11)22(5)17-18-30/h17-18,20-27H,14-16,19H2,1-13H3/b18-17+/t21-,22+,23-,24+,25+,26-,27+/m0/s1. The molecule has 0 bridgehead atoms. The first kappa shape index (κ1) is 36.0. The summed E-state index contributed by atoms with van der Waals surface area (Å²) in [6, 6.07) is 0. The van der Waals surface area contributed by atoms with Gasteiger partial charge in [-0.1, -0.05) is 91.0 Å². The van der Waals surface area contributed by atoms with Crippen LogP contribution in [0.2, 0.25) is 18.1 Å². The van der Waals surface area contributed by atoms with Crippen LogP contribution in [0, 0.1) is 23.7 Å². The van der Waals surface area contributed by atoms with Gasteiger partial charge in [0.25, 0.3) is 0 Å². The molecule has 0 aliphatic rings. The van der Waals surface area contributed by atoms with E-state index in [1.165, 1.54) is 0 Å². The Balaban J connectivity index is 5.51. The number of rotatable bonds is 17. The van der Waals surface area contributed by atoms with E-state index in [0.29, 0.717) is 5.92 Å². The molecular weight excluding hydrogens is 583 g/mol. The summed E-state index contributed by atoms with van der Waals surface area (Å²) in [5.41, 5.74) is 0. The van der Waals surface area contributed by atoms with Crippen molar-refractivity contribution in [2.45, 2.75) is 131 Å². The van der Waals surface area contributed by atoms with Gasteiger partial charge in [-0.3, -0.25) is 4.79 Å². The predicted octanol–water partition coefficient (Wildman–Crippen LogP) is 8.41. The Morgan fingerprint density at radius 3 is 1.97 bits per heavy atom. The van der Waals surface area contributed by atoms with Crippen LogP contribution in [0.15, 0.2) is 10.2 Å². The predicted molar refractivity (Wildman–Crippen MR) is 163 cm³/mol. The topological polar surface area (TPSA) is 54.0 Å². The Hall–Kier alpha value is 0.0369. The van der Waals surface area contributed by atoms with Crippen molar-refractivity contribution in [3.8, 4) is 0 Å². The molecule has 0 saturated carbocycles. The molecule has 0 aromatic rings. The first-order valence-electron chi connectivity index (χ1n) is 13.8. The lowest BCUT2D eigenvalue weighted by Gasteiger charge is -2.40. The molecule has 0 saturated heterocycles. The number of methoxy groups -OCH3 is 2. The van der Waals surface area contributed by atoms with Crippen LogP contribution in [-0.4, -0.2) is 52.9 Å². The highest BCUT2D eigenvalue weighted by atomic mass is 127. The van der Waals surface area contributed by atoms with E-state index in [4.69, 9.17) is 18.6 Å². The van der Waals surface area contributed by atoms with Crippen molar-refractivity contribution in [3.63, 3.8) is 0 Å². The Morgan fingerprint density at radius 1 is 0.972 bits per heavy atom. The second kappa shape index (κ2) is 16.9. The molecule has 0 rings (SSSR count). The van der Waals surface area contributed by atoms with Gasteiger partial charge in [-0.05, 0) is 53.8 Å². The first-order valence-corrected chi connectivity index (χ1v) is 17.9. The van der Waals surface area contributed by atoms with Gasteiger partial charge in [0.2, 0.25) is 0 Å². The van der Waals surface area contributed by atoms with E-state index in [2.05, 4.69) is 90.2 Å². The van der Waals surface area contributed by atoms with Crippen LogP contribution < -0.4 is 0 Å². The third kappa shape index (κ3) is 11.8. The van der Waals surface area contributed by atoms with Crippen molar-refractivity contribution in [1.82, 2.24) is 0 Å². The Labute approximate surface area is 238 Å². The van der Waals surface area contributed by atoms with Gasteiger partial charge in [0.15, 0.2) is 8.32 Å². The summed E-state index contributed by atoms with van der Waals surface area (Å²) in [5, 5.41) is 0.180. The minimum Gasteiger partial charge on any atom is -0.462 e. The van der Waals surface area contributed by atoms with Crippen molar-refractivity contribution < 1.29 is 23.4 Å². The van der Waals surface area contributed by atoms with Crippen LogP contribution in [0.3, 0.4) is 0 Å². The zero-order valence-corrected chi connectivity index (χ0v) is 28.7. The molecule has 7 heteroatoms. The molecule has 214 valence electrons. The molecule has 0 aliphatic carbocycles. The fourth-order valence-electron chi connectivity index (χ4n) is 4.38. The summed E-state index contributed by atoms with van der Waals surface area (Å²) in [7, 11) is 1.70. The number of hydrogen-bond acceptors (Lipinski definition) is 5. The molecule has 5 nitrogen and oxygen atoms in total. The highest BCUT2D eigenvalue weighted by Crippen LogP contribution is 2.38. The summed E-state index contributed by atoms with van der Waals surface area (Å²) in [4.78, 5) is 12.6. The lowest BCUT2D eigenvalue weighted by atomic mass is 9.84. The van der Waals surface area contributed by atoms with Gasteiger partial charge >= 0.3 is 5.97 Å². The van der Waals surface area contributed by atoms with E-state index in [0.717, 1.165) is 25.7 Å². The number of carbonyl (C=O) groups is 1. The number of hydrogen-bond donors (Lipinski definition) is 0. The van der Waals surface area contributed by atoms with E-state index in [1.54, 1.807) is 14.2 Å². The third-order valence-corrected chi connectivity index (χ3v) is 13.0. The van der Waals surface area contributed by atoms with Crippen LogP contribution in [-0.2, 0) is 23.4 Å². The summed E-state index contributed by atoms with van der Waals surface area (Å²) in [5.74, 6) is 0.299. The smallest absolute Gasteiger partial charge is 0.308 e. The highest BCUT2D eigenvalue weighted by molar-refractivity contribution is 14.1. The van der Waals surface area contributed by atoms with Crippen LogP contribution in [0.4, 0.5) is 0 Å². The second-order valence-corrected chi connectivity index (χ2v) is 17.8. The van der Waals surface area contributed by atoms with Gasteiger partial charge in [0.1, 0.15) is 6.10 Å². The van der Waals surface area contributed by atoms with E-state index in [-0.39, 0.29) is 53.2 Å². The van der Waals surface area contributed by atoms with Crippen LogP contribution in [0.25, 0.3) is 0 Å². The molecule has 0 aromatic carbocycles. The van der Waals surface area contributed by atoms with Crippen molar-refractivity contribution in [2.24, 2.45) is 23.7 Å². The quantitative estimate of drug-likeness (QED) is 0.0908. The molecule has 0 aromatic heterocycles. The largest absolute Gasteiger partial charge is 0.462 e. The van der Waals surface area contributed by atoms with Gasteiger partial charge in [-0.25, -0.2) is 0 Å². The second-order valence-electron chi connectivity index (χ2n) is 12.3. The minimum atomic E-state index is -1.85. The Kier molecular flexibility index (Phi) is 16.9. The molecule has 0 radical (unpaired) electrons. The van der Waals surface area contributed by atoms with Gasteiger partial charge < -0.3 is 18.6 Å². The molecule has 0 heterocycles. The average Bonchev–Trinajstić information content (AvgIpc) is 2.78. The summed E-state index contributed by atoms with van der Waals surface area (Å²) in [6.07, 6.45) is 5.72. The maximum absolute atomic E-state index is 12.6. The molecule has 0 amide bonds. The number of esters is 1. The van der Waals surface area contributed by atoms with E-state index >= 15 is 0 Å². The van der Waals surface area contributed by atoms with Crippen molar-refractivity contribution >= 4 is 36.9 Å². The molecule has 7 atom stereocenters. The zero-order valence-electron chi connectivity index (χ0n) is 25.5. The molecular formula is C29H57IO5Si. The van der Waals surface area contributed by atoms with Crippen molar-refractivity contribution in [1.29, 1.82) is 0 Å². The number of ether oxygens (including phenoxy) is 3. The number of carbonyl (C=O) groups excluding carboxylic acids is 1. The van der Waals surface area contributed by atoms with Gasteiger partial charge in [-0.2, -0.15) is 0 Å². The molecule has 0 unspecified atom stereocenters. The van der Waals surface area contributed by atoms with Crippen molar-refractivity contribution in [2.75, 3.05) is 14.2 Å². The van der Waals surface area contributed by atoms with Gasteiger partial charge in [0.05, 0.1) is 18.1 Å². The fourth-order valence-corrected chi connectivity index (χ4v) is 6.49. The molecule has 0 aliphatic heterocycles. The SMILES string of the molecule is CC[C@H](C[C@H](OC)[C@@H](C)CC[C@@H](OC(=O)C(C)C)[C@H](C)[C@H](OC)[C@H](C)/C=C/I)O[Si](C)(C)C(C)(C)C. The maximum Gasteiger partial charge on any atom is 0.308 e. The molecule has 0 fully saturated rings. The normalized spacial score (nSPS) is 19.1. The zero-order chi connectivity index (χ0) is 28.3.